The number of thioether (sulfide) groups is 2. The van der Waals surface area contributed by atoms with Crippen LogP contribution in [0.1, 0.15) is 32.6 Å². The molecule has 2 aliphatic heterocycles. The van der Waals surface area contributed by atoms with E-state index in [-0.39, 0.29) is 10.4 Å². The van der Waals surface area contributed by atoms with E-state index in [2.05, 4.69) is 38.0 Å². The van der Waals surface area contributed by atoms with Gasteiger partial charge >= 0.3 is 0 Å². The van der Waals surface area contributed by atoms with Crippen molar-refractivity contribution in [2.75, 3.05) is 11.5 Å². The lowest BCUT2D eigenvalue weighted by Crippen LogP contribution is -2.44. The van der Waals surface area contributed by atoms with Crippen LogP contribution in [0.5, 0.6) is 0 Å². The molecule has 0 radical (unpaired) electrons. The minimum Gasteiger partial charge on any atom is -0.380 e. The van der Waals surface area contributed by atoms with Crippen molar-refractivity contribution in [3.8, 4) is 11.5 Å². The second-order valence-corrected chi connectivity index (χ2v) is 14.8. The van der Waals surface area contributed by atoms with E-state index in [1.54, 1.807) is 0 Å². The number of ether oxygens (including phenoxy) is 1. The molecule has 0 saturated carbocycles. The van der Waals surface area contributed by atoms with Gasteiger partial charge in [-0.25, -0.2) is 0 Å². The number of aliphatic hydroxyl groups excluding tert-OH is 1. The highest BCUT2D eigenvalue weighted by Crippen LogP contribution is 2.53. The quantitative estimate of drug-likeness (QED) is 0.606. The van der Waals surface area contributed by atoms with Crippen LogP contribution in [0.15, 0.2) is 0 Å². The van der Waals surface area contributed by atoms with E-state index < -0.39 is 14.2 Å². The van der Waals surface area contributed by atoms with Crippen LogP contribution in [-0.2, 0) is 4.74 Å². The molecule has 2 heterocycles. The van der Waals surface area contributed by atoms with Gasteiger partial charge in [0.05, 0.1) is 6.10 Å². The van der Waals surface area contributed by atoms with Gasteiger partial charge in [0.1, 0.15) is 14.2 Å². The van der Waals surface area contributed by atoms with Crippen molar-refractivity contribution < 1.29 is 9.84 Å². The van der Waals surface area contributed by atoms with Crippen molar-refractivity contribution in [3.05, 3.63) is 0 Å². The Bertz CT molecular complexity index is 405. The first-order valence-electron chi connectivity index (χ1n) is 7.97. The second kappa shape index (κ2) is 7.31. The molecular formula is C16H28O2S2Si. The maximum absolute atomic E-state index is 10.2. The van der Waals surface area contributed by atoms with Crippen LogP contribution >= 0.6 is 23.5 Å². The average molecular weight is 345 g/mol. The van der Waals surface area contributed by atoms with Crippen molar-refractivity contribution >= 4 is 31.6 Å². The molecular weight excluding hydrogens is 316 g/mol. The Morgan fingerprint density at radius 1 is 1.29 bits per heavy atom. The molecule has 1 N–H and O–H groups in total. The largest absolute Gasteiger partial charge is 0.380 e. The summed E-state index contributed by atoms with van der Waals surface area (Å²) in [5.41, 5.74) is 3.26. The van der Waals surface area contributed by atoms with Gasteiger partial charge in [0, 0.05) is 12.3 Å². The van der Waals surface area contributed by atoms with Crippen LogP contribution in [-0.4, -0.2) is 41.2 Å². The molecule has 2 nitrogen and oxygen atoms in total. The van der Waals surface area contributed by atoms with Gasteiger partial charge in [0.25, 0.3) is 0 Å². The van der Waals surface area contributed by atoms with Gasteiger partial charge in [-0.05, 0) is 30.8 Å². The normalized spacial score (nSPS) is 30.5. The van der Waals surface area contributed by atoms with Crippen LogP contribution in [0.25, 0.3) is 0 Å². The zero-order valence-electron chi connectivity index (χ0n) is 13.6. The summed E-state index contributed by atoms with van der Waals surface area (Å²) in [6.45, 7) is 8.92. The lowest BCUT2D eigenvalue weighted by Gasteiger charge is -2.46. The first-order chi connectivity index (χ1) is 9.81. The smallest absolute Gasteiger partial charge is 0.163 e. The third-order valence-corrected chi connectivity index (χ3v) is 8.24. The van der Waals surface area contributed by atoms with Crippen molar-refractivity contribution in [1.29, 1.82) is 0 Å². The maximum atomic E-state index is 10.2. The number of hydrogen-bond acceptors (Lipinski definition) is 4. The number of aliphatic hydroxyl groups is 1. The second-order valence-electron chi connectivity index (χ2n) is 7.14. The molecule has 0 aromatic rings. The van der Waals surface area contributed by atoms with Crippen molar-refractivity contribution in [1.82, 2.24) is 0 Å². The highest BCUT2D eigenvalue weighted by Gasteiger charge is 2.45. The lowest BCUT2D eigenvalue weighted by molar-refractivity contribution is -0.0651. The minimum atomic E-state index is -1.41. The summed E-state index contributed by atoms with van der Waals surface area (Å²) < 4.78 is 6.38. The van der Waals surface area contributed by atoms with Gasteiger partial charge in [0.2, 0.25) is 0 Å². The summed E-state index contributed by atoms with van der Waals surface area (Å²) in [6.07, 6.45) is 3.81. The third kappa shape index (κ3) is 5.21. The predicted molar refractivity (Wildman–Crippen MR) is 97.3 cm³/mol. The van der Waals surface area contributed by atoms with E-state index >= 15 is 0 Å². The highest BCUT2D eigenvalue weighted by molar-refractivity contribution is 8.18. The van der Waals surface area contributed by atoms with E-state index in [0.29, 0.717) is 12.3 Å². The molecule has 0 aromatic carbocycles. The summed E-state index contributed by atoms with van der Waals surface area (Å²) in [7, 11) is -1.41. The predicted octanol–water partition coefficient (Wildman–Crippen LogP) is 3.96. The lowest BCUT2D eigenvalue weighted by atomic mass is 9.96. The Kier molecular flexibility index (Phi) is 6.18. The fourth-order valence-corrected chi connectivity index (χ4v) is 6.65. The molecule has 21 heavy (non-hydrogen) atoms. The van der Waals surface area contributed by atoms with Crippen molar-refractivity contribution in [2.24, 2.45) is 5.92 Å². The van der Waals surface area contributed by atoms with E-state index in [9.17, 15) is 5.11 Å². The SMILES string of the molecule is C[C@@H]1CC[C@@H](C[C@H](O)C#C[Si](C)(C)C)OC12SCCCS2. The Morgan fingerprint density at radius 3 is 2.57 bits per heavy atom. The molecule has 5 heteroatoms. The van der Waals surface area contributed by atoms with Gasteiger partial charge in [0.15, 0.2) is 4.27 Å². The Labute approximate surface area is 139 Å². The van der Waals surface area contributed by atoms with E-state index in [1.807, 2.05) is 23.5 Å². The van der Waals surface area contributed by atoms with E-state index in [4.69, 9.17) is 4.74 Å². The van der Waals surface area contributed by atoms with Crippen LogP contribution in [0, 0.1) is 17.4 Å². The molecule has 2 fully saturated rings. The summed E-state index contributed by atoms with van der Waals surface area (Å²) in [4.78, 5) is 0. The van der Waals surface area contributed by atoms with E-state index in [0.717, 1.165) is 6.42 Å². The van der Waals surface area contributed by atoms with Crippen molar-refractivity contribution in [2.45, 2.75) is 68.7 Å². The molecule has 0 amide bonds. The average Bonchev–Trinajstić information content (AvgIpc) is 2.41. The molecule has 2 rings (SSSR count). The van der Waals surface area contributed by atoms with Gasteiger partial charge in [-0.3, -0.25) is 0 Å². The van der Waals surface area contributed by atoms with Crippen LogP contribution < -0.4 is 0 Å². The maximum Gasteiger partial charge on any atom is 0.163 e. The van der Waals surface area contributed by atoms with Crippen molar-refractivity contribution in [3.63, 3.8) is 0 Å². The zero-order chi connectivity index (χ0) is 15.5. The highest BCUT2D eigenvalue weighted by atomic mass is 32.2. The first kappa shape index (κ1) is 17.7. The minimum absolute atomic E-state index is 0.0624. The summed E-state index contributed by atoms with van der Waals surface area (Å²) in [5, 5.41) is 10.2. The summed E-state index contributed by atoms with van der Waals surface area (Å²) in [5.74, 6) is 6.03. The van der Waals surface area contributed by atoms with Gasteiger partial charge in [-0.15, -0.1) is 29.1 Å². The number of hydrogen-bond donors (Lipinski definition) is 1. The standard InChI is InChI=1S/C16H28O2S2Si/c1-13-6-7-15(12-14(17)8-11-21(2,3)4)18-16(13)19-9-5-10-20-16/h13-15,17H,5-7,9-10,12H2,1-4H3/t13-,14-,15+/m1/s1. The Balaban J connectivity index is 1.93. The molecule has 120 valence electrons. The molecule has 3 atom stereocenters. The molecule has 1 spiro atoms. The summed E-state index contributed by atoms with van der Waals surface area (Å²) >= 11 is 3.95. The first-order valence-corrected chi connectivity index (χ1v) is 13.4. The van der Waals surface area contributed by atoms with Gasteiger partial charge in [-0.1, -0.05) is 32.5 Å². The molecule has 2 aliphatic rings. The fourth-order valence-electron chi connectivity index (χ4n) is 2.68. The van der Waals surface area contributed by atoms with Crippen LogP contribution in [0.2, 0.25) is 19.6 Å². The third-order valence-electron chi connectivity index (χ3n) is 3.85. The molecule has 2 saturated heterocycles. The van der Waals surface area contributed by atoms with Gasteiger partial charge < -0.3 is 9.84 Å². The Hall–Kier alpha value is 0.397. The number of rotatable bonds is 2. The monoisotopic (exact) mass is 344 g/mol. The topological polar surface area (TPSA) is 29.5 Å². The molecule has 0 aromatic heterocycles. The summed E-state index contributed by atoms with van der Waals surface area (Å²) in [6, 6.07) is 0. The molecule has 0 bridgehead atoms. The molecule has 0 aliphatic carbocycles. The van der Waals surface area contributed by atoms with Crippen LogP contribution in [0.3, 0.4) is 0 Å². The Morgan fingerprint density at radius 2 is 1.95 bits per heavy atom. The zero-order valence-corrected chi connectivity index (χ0v) is 16.3. The van der Waals surface area contributed by atoms with Crippen LogP contribution in [0.4, 0.5) is 0 Å². The fraction of sp³-hybridized carbons (Fsp3) is 0.875. The molecule has 0 unspecified atom stereocenters. The van der Waals surface area contributed by atoms with E-state index in [1.165, 1.54) is 24.3 Å². The van der Waals surface area contributed by atoms with Gasteiger partial charge in [-0.2, -0.15) is 0 Å².